The molecule has 0 aliphatic heterocycles. The quantitative estimate of drug-likeness (QED) is 0.777. The van der Waals surface area contributed by atoms with E-state index < -0.39 is 0 Å². The standard InChI is InChI=1S/C14H12ClN5O/c15-12-8-16-19-13(12)14(21)18-11-4-1-3-10(7-11)9-20-6-2-5-17-20/h1-8H,9H2,(H,16,19)(H,18,21). The first-order chi connectivity index (χ1) is 10.2. The normalized spacial score (nSPS) is 10.5. The number of benzene rings is 1. The van der Waals surface area contributed by atoms with Gasteiger partial charge in [0, 0.05) is 18.1 Å². The summed E-state index contributed by atoms with van der Waals surface area (Å²) in [5.41, 5.74) is 1.97. The van der Waals surface area contributed by atoms with Gasteiger partial charge < -0.3 is 5.32 Å². The fourth-order valence-electron chi connectivity index (χ4n) is 1.95. The van der Waals surface area contributed by atoms with E-state index in [1.54, 1.807) is 6.20 Å². The molecule has 6 nitrogen and oxygen atoms in total. The van der Waals surface area contributed by atoms with E-state index in [0.717, 1.165) is 5.56 Å². The highest BCUT2D eigenvalue weighted by molar-refractivity contribution is 6.34. The van der Waals surface area contributed by atoms with Crippen molar-refractivity contribution in [2.24, 2.45) is 0 Å². The van der Waals surface area contributed by atoms with Crippen LogP contribution in [-0.2, 0) is 6.54 Å². The third-order valence-corrected chi connectivity index (χ3v) is 3.20. The Morgan fingerprint density at radius 3 is 3.00 bits per heavy atom. The monoisotopic (exact) mass is 301 g/mol. The van der Waals surface area contributed by atoms with Gasteiger partial charge in [0.15, 0.2) is 0 Å². The molecule has 0 atom stereocenters. The molecule has 0 radical (unpaired) electrons. The number of aromatic nitrogens is 4. The van der Waals surface area contributed by atoms with Crippen LogP contribution in [0.4, 0.5) is 5.69 Å². The summed E-state index contributed by atoms with van der Waals surface area (Å²) in [6.45, 7) is 0.640. The molecule has 2 N–H and O–H groups in total. The van der Waals surface area contributed by atoms with Crippen molar-refractivity contribution in [1.82, 2.24) is 20.0 Å². The lowest BCUT2D eigenvalue weighted by Crippen LogP contribution is -2.13. The Labute approximate surface area is 125 Å². The van der Waals surface area contributed by atoms with Crippen molar-refractivity contribution in [3.05, 3.63) is 65.2 Å². The van der Waals surface area contributed by atoms with Crippen molar-refractivity contribution >= 4 is 23.2 Å². The lowest BCUT2D eigenvalue weighted by atomic mass is 10.2. The summed E-state index contributed by atoms with van der Waals surface area (Å²) in [4.78, 5) is 12.0. The molecule has 2 heterocycles. The fourth-order valence-corrected chi connectivity index (χ4v) is 2.13. The largest absolute Gasteiger partial charge is 0.321 e. The van der Waals surface area contributed by atoms with Crippen LogP contribution in [0.15, 0.2) is 48.9 Å². The first-order valence-corrected chi connectivity index (χ1v) is 6.67. The SMILES string of the molecule is O=C(Nc1cccc(Cn2cccn2)c1)c1[nH]ncc1Cl. The van der Waals surface area contributed by atoms with E-state index in [9.17, 15) is 4.79 Å². The van der Waals surface area contributed by atoms with Gasteiger partial charge in [-0.25, -0.2) is 0 Å². The molecule has 1 aromatic carbocycles. The van der Waals surface area contributed by atoms with Gasteiger partial charge in [0.2, 0.25) is 0 Å². The van der Waals surface area contributed by atoms with Crippen LogP contribution < -0.4 is 5.32 Å². The topological polar surface area (TPSA) is 75.6 Å². The van der Waals surface area contributed by atoms with Gasteiger partial charge >= 0.3 is 0 Å². The molecule has 0 spiro atoms. The maximum absolute atomic E-state index is 12.0. The van der Waals surface area contributed by atoms with Gasteiger partial charge in [-0.3, -0.25) is 14.6 Å². The summed E-state index contributed by atoms with van der Waals surface area (Å²) in [7, 11) is 0. The average molecular weight is 302 g/mol. The second kappa shape index (κ2) is 5.80. The third-order valence-electron chi connectivity index (χ3n) is 2.91. The highest BCUT2D eigenvalue weighted by Gasteiger charge is 2.12. The Kier molecular flexibility index (Phi) is 3.70. The second-order valence-electron chi connectivity index (χ2n) is 4.45. The molecule has 106 valence electrons. The highest BCUT2D eigenvalue weighted by Crippen LogP contribution is 2.16. The van der Waals surface area contributed by atoms with Crippen LogP contribution >= 0.6 is 11.6 Å². The Morgan fingerprint density at radius 1 is 1.38 bits per heavy atom. The smallest absolute Gasteiger partial charge is 0.275 e. The molecule has 2 aromatic heterocycles. The molecule has 3 rings (SSSR count). The maximum Gasteiger partial charge on any atom is 0.275 e. The Hall–Kier alpha value is -2.60. The minimum atomic E-state index is -0.325. The molecular weight excluding hydrogens is 290 g/mol. The lowest BCUT2D eigenvalue weighted by Gasteiger charge is -2.07. The minimum Gasteiger partial charge on any atom is -0.321 e. The van der Waals surface area contributed by atoms with Crippen molar-refractivity contribution in [3.63, 3.8) is 0 Å². The summed E-state index contributed by atoms with van der Waals surface area (Å²) in [6.07, 6.45) is 5.01. The van der Waals surface area contributed by atoms with Crippen molar-refractivity contribution < 1.29 is 4.79 Å². The van der Waals surface area contributed by atoms with Crippen LogP contribution in [0.25, 0.3) is 0 Å². The van der Waals surface area contributed by atoms with Gasteiger partial charge in [-0.15, -0.1) is 0 Å². The van der Waals surface area contributed by atoms with Gasteiger partial charge in [0.25, 0.3) is 5.91 Å². The summed E-state index contributed by atoms with van der Waals surface area (Å²) < 4.78 is 1.81. The average Bonchev–Trinajstić information content (AvgIpc) is 3.10. The number of hydrogen-bond acceptors (Lipinski definition) is 3. The van der Waals surface area contributed by atoms with E-state index in [2.05, 4.69) is 20.6 Å². The number of aromatic amines is 1. The molecule has 0 saturated carbocycles. The zero-order valence-corrected chi connectivity index (χ0v) is 11.7. The molecule has 21 heavy (non-hydrogen) atoms. The van der Waals surface area contributed by atoms with Crippen molar-refractivity contribution in [2.45, 2.75) is 6.54 Å². The van der Waals surface area contributed by atoms with Crippen molar-refractivity contribution in [1.29, 1.82) is 0 Å². The van der Waals surface area contributed by atoms with Crippen molar-refractivity contribution in [2.75, 3.05) is 5.32 Å². The van der Waals surface area contributed by atoms with E-state index in [-0.39, 0.29) is 11.6 Å². The fraction of sp³-hybridized carbons (Fsp3) is 0.0714. The summed E-state index contributed by atoms with van der Waals surface area (Å²) in [6, 6.07) is 9.42. The summed E-state index contributed by atoms with van der Waals surface area (Å²) >= 11 is 5.86. The first kappa shape index (κ1) is 13.4. The molecule has 0 aliphatic carbocycles. The van der Waals surface area contributed by atoms with Gasteiger partial charge in [0.05, 0.1) is 17.8 Å². The molecule has 3 aromatic rings. The Bertz CT molecular complexity index is 750. The molecule has 0 fully saturated rings. The number of hydrogen-bond donors (Lipinski definition) is 2. The van der Waals surface area contributed by atoms with Crippen LogP contribution in [0.3, 0.4) is 0 Å². The van der Waals surface area contributed by atoms with Gasteiger partial charge in [-0.1, -0.05) is 23.7 Å². The minimum absolute atomic E-state index is 0.245. The first-order valence-electron chi connectivity index (χ1n) is 6.29. The molecule has 1 amide bonds. The zero-order chi connectivity index (χ0) is 14.7. The number of amides is 1. The predicted molar refractivity (Wildman–Crippen MR) is 79.3 cm³/mol. The van der Waals surface area contributed by atoms with E-state index in [1.165, 1.54) is 6.20 Å². The molecule has 0 unspecified atom stereocenters. The molecule has 0 aliphatic rings. The second-order valence-corrected chi connectivity index (χ2v) is 4.86. The summed E-state index contributed by atoms with van der Waals surface area (Å²) in [5.74, 6) is -0.325. The van der Waals surface area contributed by atoms with Crippen LogP contribution in [0.2, 0.25) is 5.02 Å². The number of carbonyl (C=O) groups excluding carboxylic acids is 1. The number of halogens is 1. The number of rotatable bonds is 4. The van der Waals surface area contributed by atoms with Crippen molar-refractivity contribution in [3.8, 4) is 0 Å². The van der Waals surface area contributed by atoms with E-state index in [0.29, 0.717) is 17.3 Å². The number of anilines is 1. The molecule has 0 saturated heterocycles. The van der Waals surface area contributed by atoms with Gasteiger partial charge in [-0.2, -0.15) is 10.2 Å². The maximum atomic E-state index is 12.0. The van der Waals surface area contributed by atoms with E-state index in [1.807, 2.05) is 41.2 Å². The van der Waals surface area contributed by atoms with E-state index in [4.69, 9.17) is 11.6 Å². The highest BCUT2D eigenvalue weighted by atomic mass is 35.5. The van der Waals surface area contributed by atoms with Gasteiger partial charge in [0.1, 0.15) is 5.69 Å². The molecule has 0 bridgehead atoms. The van der Waals surface area contributed by atoms with Crippen LogP contribution in [0, 0.1) is 0 Å². The lowest BCUT2D eigenvalue weighted by molar-refractivity contribution is 0.102. The Morgan fingerprint density at radius 2 is 2.29 bits per heavy atom. The Balaban J connectivity index is 1.74. The molecule has 7 heteroatoms. The zero-order valence-electron chi connectivity index (χ0n) is 11.0. The van der Waals surface area contributed by atoms with E-state index >= 15 is 0 Å². The predicted octanol–water partition coefficient (Wildman–Crippen LogP) is 2.56. The summed E-state index contributed by atoms with van der Waals surface area (Å²) in [5, 5.41) is 13.5. The number of carbonyl (C=O) groups is 1. The van der Waals surface area contributed by atoms with Gasteiger partial charge in [-0.05, 0) is 23.8 Å². The number of H-pyrrole nitrogens is 1. The molecular formula is C14H12ClN5O. The van der Waals surface area contributed by atoms with Crippen LogP contribution in [-0.4, -0.2) is 25.9 Å². The number of nitrogens with one attached hydrogen (secondary N) is 2. The number of nitrogens with zero attached hydrogens (tertiary/aromatic N) is 3. The third kappa shape index (κ3) is 3.11. The van der Waals surface area contributed by atoms with Crippen LogP contribution in [0.1, 0.15) is 16.1 Å². The van der Waals surface area contributed by atoms with Crippen LogP contribution in [0.5, 0.6) is 0 Å².